The molecule has 0 aliphatic heterocycles. The zero-order valence-corrected chi connectivity index (χ0v) is 12.8. The van der Waals surface area contributed by atoms with Gasteiger partial charge in [0.2, 0.25) is 12.2 Å². The van der Waals surface area contributed by atoms with Crippen LogP contribution in [0.3, 0.4) is 0 Å². The average Bonchev–Trinajstić information content (AvgIpc) is 2.74. The lowest BCUT2D eigenvalue weighted by molar-refractivity contribution is -0.142. The van der Waals surface area contributed by atoms with Gasteiger partial charge in [0.05, 0.1) is 6.20 Å². The van der Waals surface area contributed by atoms with E-state index >= 15 is 0 Å². The summed E-state index contributed by atoms with van der Waals surface area (Å²) in [5, 5.41) is 10.8. The first-order valence-corrected chi connectivity index (χ1v) is 6.80. The molecule has 1 N–H and O–H groups in total. The third kappa shape index (κ3) is 5.66. The molecule has 1 aromatic rings. The molecular weight excluding hydrogens is 260 g/mol. The van der Waals surface area contributed by atoms with Crippen molar-refractivity contribution >= 4 is 5.91 Å². The Morgan fingerprint density at radius 2 is 1.95 bits per heavy atom. The molecule has 0 spiro atoms. The van der Waals surface area contributed by atoms with Crippen LogP contribution in [0.5, 0.6) is 0 Å². The molecular formula is C13H24N4O3. The van der Waals surface area contributed by atoms with Gasteiger partial charge in [0, 0.05) is 18.8 Å². The van der Waals surface area contributed by atoms with E-state index in [9.17, 15) is 4.79 Å². The van der Waals surface area contributed by atoms with Crippen LogP contribution in [-0.2, 0) is 20.8 Å². The van der Waals surface area contributed by atoms with Gasteiger partial charge in [-0.15, -0.1) is 5.10 Å². The quantitative estimate of drug-likeness (QED) is 0.763. The summed E-state index contributed by atoms with van der Waals surface area (Å²) in [6.07, 6.45) is 1.13. The normalized spacial score (nSPS) is 11.9. The monoisotopic (exact) mass is 284 g/mol. The van der Waals surface area contributed by atoms with Crippen LogP contribution in [0.2, 0.25) is 0 Å². The van der Waals surface area contributed by atoms with Crippen molar-refractivity contribution in [1.29, 1.82) is 0 Å². The fourth-order valence-electron chi connectivity index (χ4n) is 1.63. The molecule has 20 heavy (non-hydrogen) atoms. The third-order valence-corrected chi connectivity index (χ3v) is 2.25. The highest BCUT2D eigenvalue weighted by atomic mass is 16.7. The summed E-state index contributed by atoms with van der Waals surface area (Å²) in [5.41, 5.74) is 0.303. The van der Waals surface area contributed by atoms with E-state index in [0.717, 1.165) is 0 Å². The summed E-state index contributed by atoms with van der Waals surface area (Å²) in [6.45, 7) is 10.7. The molecule has 1 aromatic heterocycles. The Balaban J connectivity index is 2.64. The van der Waals surface area contributed by atoms with Crippen LogP contribution in [0.4, 0.5) is 0 Å². The molecule has 0 unspecified atom stereocenters. The van der Waals surface area contributed by atoms with Crippen molar-refractivity contribution in [3.05, 3.63) is 11.9 Å². The van der Waals surface area contributed by atoms with Gasteiger partial charge in [-0.1, -0.05) is 5.21 Å². The predicted molar refractivity (Wildman–Crippen MR) is 73.9 cm³/mol. The van der Waals surface area contributed by atoms with Gasteiger partial charge in [0.25, 0.3) is 0 Å². The Kier molecular flexibility index (Phi) is 6.09. The van der Waals surface area contributed by atoms with Crippen LogP contribution in [0.15, 0.2) is 6.20 Å². The van der Waals surface area contributed by atoms with Crippen molar-refractivity contribution in [3.8, 4) is 0 Å². The largest absolute Gasteiger partial charge is 0.350 e. The number of carbonyl (C=O) groups is 1. The Morgan fingerprint density at radius 1 is 1.35 bits per heavy atom. The summed E-state index contributed by atoms with van der Waals surface area (Å²) in [6, 6.07) is 0. The second kappa shape index (κ2) is 7.35. The molecule has 114 valence electrons. The number of hydrogen-bond donors (Lipinski definition) is 1. The van der Waals surface area contributed by atoms with Crippen LogP contribution in [0.1, 0.15) is 46.6 Å². The minimum Gasteiger partial charge on any atom is -0.350 e. The van der Waals surface area contributed by atoms with E-state index in [1.54, 1.807) is 6.20 Å². The number of ether oxygens (including phenoxy) is 2. The maximum Gasteiger partial charge on any atom is 0.242 e. The van der Waals surface area contributed by atoms with Gasteiger partial charge in [0.1, 0.15) is 12.2 Å². The third-order valence-electron chi connectivity index (χ3n) is 2.25. The van der Waals surface area contributed by atoms with E-state index < -0.39 is 6.29 Å². The van der Waals surface area contributed by atoms with E-state index in [0.29, 0.717) is 18.9 Å². The first-order chi connectivity index (χ1) is 9.35. The highest BCUT2D eigenvalue weighted by Gasteiger charge is 2.18. The molecule has 0 aliphatic rings. The molecule has 1 heterocycles. The minimum absolute atomic E-state index is 0.113. The second-order valence-corrected chi connectivity index (χ2v) is 5.38. The Labute approximate surface area is 119 Å². The Bertz CT molecular complexity index is 419. The minimum atomic E-state index is -0.538. The van der Waals surface area contributed by atoms with Gasteiger partial charge in [-0.25, -0.2) is 4.68 Å². The Morgan fingerprint density at radius 3 is 2.45 bits per heavy atom. The van der Waals surface area contributed by atoms with Gasteiger partial charge in [0.15, 0.2) is 0 Å². The van der Waals surface area contributed by atoms with Gasteiger partial charge in [-0.05, 0) is 34.6 Å². The van der Waals surface area contributed by atoms with E-state index in [2.05, 4.69) is 15.6 Å². The van der Waals surface area contributed by atoms with Crippen molar-refractivity contribution in [3.63, 3.8) is 0 Å². The number of carbonyl (C=O) groups excluding carboxylic acids is 1. The lowest BCUT2D eigenvalue weighted by Gasteiger charge is -2.20. The smallest absolute Gasteiger partial charge is 0.242 e. The first kappa shape index (κ1) is 16.6. The first-order valence-electron chi connectivity index (χ1n) is 6.80. The summed E-state index contributed by atoms with van der Waals surface area (Å²) in [7, 11) is 0. The fraction of sp³-hybridized carbons (Fsp3) is 0.769. The number of nitrogens with one attached hydrogen (secondary N) is 1. The second-order valence-electron chi connectivity index (χ2n) is 5.38. The van der Waals surface area contributed by atoms with Crippen LogP contribution in [-0.4, -0.2) is 39.7 Å². The van der Waals surface area contributed by atoms with Crippen LogP contribution in [0, 0.1) is 0 Å². The number of amides is 1. The predicted octanol–water partition coefficient (Wildman–Crippen LogP) is 1.26. The number of aromatic nitrogens is 3. The molecule has 7 heteroatoms. The number of hydrogen-bond acceptors (Lipinski definition) is 5. The van der Waals surface area contributed by atoms with E-state index in [-0.39, 0.29) is 18.0 Å². The van der Waals surface area contributed by atoms with Gasteiger partial charge in [-0.3, -0.25) is 4.79 Å². The van der Waals surface area contributed by atoms with E-state index in [1.807, 2.05) is 34.6 Å². The topological polar surface area (TPSA) is 78.3 Å². The number of rotatable bonds is 7. The lowest BCUT2D eigenvalue weighted by Crippen LogP contribution is -2.42. The molecule has 0 bridgehead atoms. The van der Waals surface area contributed by atoms with Crippen molar-refractivity contribution in [2.24, 2.45) is 0 Å². The van der Waals surface area contributed by atoms with Crippen molar-refractivity contribution < 1.29 is 14.3 Å². The zero-order chi connectivity index (χ0) is 15.2. The molecule has 7 nitrogen and oxygen atoms in total. The molecule has 0 fully saturated rings. The molecule has 0 aromatic carbocycles. The summed E-state index contributed by atoms with van der Waals surface area (Å²) in [5.74, 6) is -0.113. The molecule has 0 saturated carbocycles. The maximum atomic E-state index is 11.8. The highest BCUT2D eigenvalue weighted by molar-refractivity contribution is 5.76. The maximum absolute atomic E-state index is 11.8. The van der Waals surface area contributed by atoms with Crippen molar-refractivity contribution in [2.75, 3.05) is 13.2 Å². The summed E-state index contributed by atoms with van der Waals surface area (Å²) < 4.78 is 12.3. The Hall–Kier alpha value is -1.47. The van der Waals surface area contributed by atoms with Gasteiger partial charge in [-0.2, -0.15) is 0 Å². The highest BCUT2D eigenvalue weighted by Crippen LogP contribution is 2.15. The van der Waals surface area contributed by atoms with Crippen LogP contribution < -0.4 is 5.32 Å². The lowest BCUT2D eigenvalue weighted by atomic mass is 10.1. The van der Waals surface area contributed by atoms with E-state index in [4.69, 9.17) is 9.47 Å². The van der Waals surface area contributed by atoms with E-state index in [1.165, 1.54) is 4.68 Å². The average molecular weight is 284 g/mol. The van der Waals surface area contributed by atoms with Crippen LogP contribution in [0.25, 0.3) is 0 Å². The van der Waals surface area contributed by atoms with Crippen molar-refractivity contribution in [1.82, 2.24) is 20.3 Å². The van der Waals surface area contributed by atoms with Gasteiger partial charge >= 0.3 is 0 Å². The van der Waals surface area contributed by atoms with Crippen LogP contribution >= 0.6 is 0 Å². The zero-order valence-electron chi connectivity index (χ0n) is 12.8. The van der Waals surface area contributed by atoms with Gasteiger partial charge < -0.3 is 14.8 Å². The SMILES string of the molecule is CCOC(OCC)c1cn(CC(=O)NC(C)(C)C)nn1. The molecule has 1 rings (SSSR count). The molecule has 0 saturated heterocycles. The molecule has 0 atom stereocenters. The molecule has 0 radical (unpaired) electrons. The standard InChI is InChI=1S/C13H24N4O3/c1-6-19-12(20-7-2)10-8-17(16-15-10)9-11(18)14-13(3,4)5/h8,12H,6-7,9H2,1-5H3,(H,14,18). The summed E-state index contributed by atoms with van der Waals surface area (Å²) >= 11 is 0. The summed E-state index contributed by atoms with van der Waals surface area (Å²) in [4.78, 5) is 11.8. The fourth-order valence-corrected chi connectivity index (χ4v) is 1.63. The molecule has 0 aliphatic carbocycles. The van der Waals surface area contributed by atoms with Crippen molar-refractivity contribution in [2.45, 2.75) is 53.0 Å². The number of nitrogens with zero attached hydrogens (tertiary/aromatic N) is 3. The molecule has 1 amide bonds.